The zero-order valence-electron chi connectivity index (χ0n) is 14.1. The van der Waals surface area contributed by atoms with Gasteiger partial charge in [0.25, 0.3) is 0 Å². The van der Waals surface area contributed by atoms with Crippen LogP contribution in [-0.4, -0.2) is 67.1 Å². The van der Waals surface area contributed by atoms with Gasteiger partial charge >= 0.3 is 51.2 Å². The summed E-state index contributed by atoms with van der Waals surface area (Å²) in [6.45, 7) is 1.32. The monoisotopic (exact) mass is 442 g/mol. The van der Waals surface area contributed by atoms with Gasteiger partial charge in [-0.25, -0.2) is 0 Å². The van der Waals surface area contributed by atoms with E-state index in [0.717, 1.165) is 0 Å². The molecule has 0 atom stereocenters. The van der Waals surface area contributed by atoms with E-state index in [4.69, 9.17) is 29.4 Å². The summed E-state index contributed by atoms with van der Waals surface area (Å²) in [4.78, 5) is 45.3. The Hall–Kier alpha value is 2.32. The molecule has 6 nitrogen and oxygen atoms in total. The van der Waals surface area contributed by atoms with Gasteiger partial charge in [0.05, 0.1) is 0 Å². The van der Waals surface area contributed by atoms with E-state index < -0.39 is 13.4 Å². The van der Waals surface area contributed by atoms with Crippen LogP contribution in [0.4, 0.5) is 0 Å². The first-order valence-electron chi connectivity index (χ1n) is 7.39. The van der Waals surface area contributed by atoms with Crippen LogP contribution in [0.15, 0.2) is 0 Å². The van der Waals surface area contributed by atoms with E-state index in [1.807, 2.05) is 0 Å². The molecule has 0 aliphatic heterocycles. The fourth-order valence-electron chi connectivity index (χ4n) is 1.000. The summed E-state index contributed by atoms with van der Waals surface area (Å²) in [5, 5.41) is 0. The van der Waals surface area contributed by atoms with Crippen LogP contribution in [0.1, 0.15) is 79.1 Å². The van der Waals surface area contributed by atoms with Crippen molar-refractivity contribution in [2.75, 3.05) is 0 Å². The normalized spacial score (nSPS) is 9.83. The van der Waals surface area contributed by atoms with Crippen LogP contribution in [0.2, 0.25) is 0 Å². The maximum absolute atomic E-state index is 7.56. The Balaban J connectivity index is -0.0000000620. The summed E-state index contributed by atoms with van der Waals surface area (Å²) in [5.41, 5.74) is 0. The Morgan fingerprint density at radius 1 is 0.522 bits per heavy atom. The van der Waals surface area contributed by atoms with E-state index in [-0.39, 0.29) is 37.7 Å². The van der Waals surface area contributed by atoms with Crippen molar-refractivity contribution in [2.24, 2.45) is 0 Å². The van der Waals surface area contributed by atoms with Gasteiger partial charge in [-0.1, -0.05) is 79.1 Å². The number of unbranched alkanes of at least 4 members (excludes halogenated alkanes) is 6. The predicted molar refractivity (Wildman–Crippen MR) is 110 cm³/mol. The molecule has 0 aromatic heterocycles. The summed E-state index contributed by atoms with van der Waals surface area (Å²) in [5.74, 6) is 0. The second-order valence-corrected chi connectivity index (χ2v) is 9.43. The Morgan fingerprint density at radius 3 is 0.652 bits per heavy atom. The first-order valence-corrected chi connectivity index (χ1v) is 12.7. The third kappa shape index (κ3) is 175. The molecule has 0 aromatic rings. The number of rotatable bonds is 6. The van der Waals surface area contributed by atoms with Crippen LogP contribution >= 0.6 is 13.4 Å². The van der Waals surface area contributed by atoms with Gasteiger partial charge in [-0.3, -0.25) is 0 Å². The molecule has 144 valence electrons. The summed E-state index contributed by atoms with van der Waals surface area (Å²) in [6.07, 6.45) is 11.1. The van der Waals surface area contributed by atoms with E-state index >= 15 is 0 Å². The van der Waals surface area contributed by atoms with Crippen molar-refractivity contribution >= 4 is 74.8 Å². The van der Waals surface area contributed by atoms with Gasteiger partial charge in [-0.15, -0.1) is 0 Å². The van der Waals surface area contributed by atoms with E-state index in [0.29, 0.717) is 0 Å². The number of hydrogen-bond donors (Lipinski definition) is 6. The van der Waals surface area contributed by atoms with Gasteiger partial charge in [0.1, 0.15) is 0 Å². The molecule has 0 bridgehead atoms. The molecule has 0 amide bonds. The Kier molecular flexibility index (Phi) is 41.9. The molecule has 0 rings (SSSR count). The zero-order valence-corrected chi connectivity index (χ0v) is 17.5. The first-order chi connectivity index (χ1) is 9.83. The third-order valence-electron chi connectivity index (χ3n) is 1.91. The van der Waals surface area contributed by atoms with E-state index in [9.17, 15) is 0 Å². The van der Waals surface area contributed by atoms with Gasteiger partial charge < -0.3 is 29.4 Å². The van der Waals surface area contributed by atoms with Crippen molar-refractivity contribution < 1.29 is 29.4 Å². The van der Waals surface area contributed by atoms with Crippen molar-refractivity contribution in [3.05, 3.63) is 0 Å². The molecule has 0 aliphatic rings. The second kappa shape index (κ2) is 26.5. The van der Waals surface area contributed by atoms with Gasteiger partial charge in [0.2, 0.25) is 0 Å². The minimum absolute atomic E-state index is 0. The van der Waals surface area contributed by atoms with E-state index in [2.05, 4.69) is 51.3 Å². The van der Waals surface area contributed by atoms with Gasteiger partial charge in [-0.2, -0.15) is 0 Å². The summed E-state index contributed by atoms with van der Waals surface area (Å²) in [6, 6.07) is 0. The fraction of sp³-hybridized carbons (Fsp3) is 1.00. The third-order valence-corrected chi connectivity index (χ3v) is 1.91. The molecule has 0 saturated heterocycles. The molecule has 23 heavy (non-hydrogen) atoms. The molecule has 0 fully saturated rings. The molecule has 0 spiro atoms. The van der Waals surface area contributed by atoms with Crippen molar-refractivity contribution in [1.29, 1.82) is 0 Å². The van der Waals surface area contributed by atoms with Crippen molar-refractivity contribution in [3.63, 3.8) is 0 Å². The minimum atomic E-state index is -3.81. The van der Waals surface area contributed by atoms with Crippen LogP contribution in [0.5, 0.6) is 0 Å². The molecule has 0 radical (unpaired) electrons. The topological polar surface area (TPSA) is 121 Å². The average Bonchev–Trinajstić information content (AvgIpc) is 2.30. The average molecular weight is 443 g/mol. The molecular formula is C12H36CaO6P2S2. The molecule has 0 saturated carbocycles. The number of hydrogen-bond acceptors (Lipinski definition) is 2. The molecule has 0 heterocycles. The van der Waals surface area contributed by atoms with Gasteiger partial charge in [-0.05, 0) is 23.6 Å². The fourth-order valence-corrected chi connectivity index (χ4v) is 1.000. The quantitative estimate of drug-likeness (QED) is 0.211. The van der Waals surface area contributed by atoms with Gasteiger partial charge in [0, 0.05) is 0 Å². The standard InChI is InChI=1S/2C6H14.Ca.2H3O3PS.2H/c2*1-3-5-6-4-2;;2*1-4(2,3)5;;/h2*3-6H2,1-2H3;;2*(H3,1,2,3,5);;. The Bertz CT molecular complexity index is 234. The van der Waals surface area contributed by atoms with Gasteiger partial charge in [0.15, 0.2) is 0 Å². The predicted octanol–water partition coefficient (Wildman–Crippen LogP) is 2.63. The molecule has 0 aliphatic carbocycles. The van der Waals surface area contributed by atoms with Crippen molar-refractivity contribution in [3.8, 4) is 0 Å². The molecule has 0 unspecified atom stereocenters. The maximum atomic E-state index is 7.56. The van der Waals surface area contributed by atoms with Crippen LogP contribution in [0.25, 0.3) is 0 Å². The Labute approximate surface area is 181 Å². The van der Waals surface area contributed by atoms with E-state index in [1.54, 1.807) is 0 Å². The summed E-state index contributed by atoms with van der Waals surface area (Å²) in [7, 11) is 0. The molecule has 6 N–H and O–H groups in total. The van der Waals surface area contributed by atoms with Crippen molar-refractivity contribution in [2.45, 2.75) is 79.1 Å². The molecule has 11 heteroatoms. The zero-order chi connectivity index (χ0) is 18.7. The summed E-state index contributed by atoms with van der Waals surface area (Å²) < 4.78 is 0. The first kappa shape index (κ1) is 36.3. The summed E-state index contributed by atoms with van der Waals surface area (Å²) >= 11 is 7.21. The van der Waals surface area contributed by atoms with Crippen LogP contribution < -0.4 is 0 Å². The SMILES string of the molecule is CCCCCC.CCCCCC.OP(O)(O)=S.OP(O)(O)=S.[CaH2]. The second-order valence-electron chi connectivity index (χ2n) is 4.44. The van der Waals surface area contributed by atoms with Crippen molar-refractivity contribution in [1.82, 2.24) is 0 Å². The Morgan fingerprint density at radius 2 is 0.609 bits per heavy atom. The van der Waals surface area contributed by atoms with E-state index in [1.165, 1.54) is 51.4 Å². The molecular weight excluding hydrogens is 406 g/mol. The molecule has 0 aromatic carbocycles. The van der Waals surface area contributed by atoms with Crippen LogP contribution in [0, 0.1) is 0 Å². The van der Waals surface area contributed by atoms with Crippen LogP contribution in [0.3, 0.4) is 0 Å². The van der Waals surface area contributed by atoms with Crippen LogP contribution in [-0.2, 0) is 23.6 Å².